The Morgan fingerprint density at radius 1 is 1.44 bits per heavy atom. The number of carbonyl (C=O) groups excluding carboxylic acids is 1. The summed E-state index contributed by atoms with van der Waals surface area (Å²) >= 11 is 0. The van der Waals surface area contributed by atoms with Crippen LogP contribution in [0, 0.1) is 5.92 Å². The number of pyridine rings is 1. The van der Waals surface area contributed by atoms with E-state index in [9.17, 15) is 4.79 Å². The highest BCUT2D eigenvalue weighted by molar-refractivity contribution is 5.87. The maximum atomic E-state index is 11.5. The van der Waals surface area contributed by atoms with Crippen molar-refractivity contribution in [2.24, 2.45) is 5.92 Å². The average Bonchev–Trinajstić information content (AvgIpc) is 2.79. The third-order valence-corrected chi connectivity index (χ3v) is 2.77. The molecule has 0 aliphatic rings. The Labute approximate surface area is 106 Å². The molecule has 1 atom stereocenters. The molecule has 5 nitrogen and oxygen atoms in total. The Morgan fingerprint density at radius 2 is 2.22 bits per heavy atom. The van der Waals surface area contributed by atoms with Gasteiger partial charge in [0.05, 0.1) is 6.04 Å². The minimum atomic E-state index is -0.207. The molecule has 1 N–H and O–H groups in total. The van der Waals surface area contributed by atoms with Crippen LogP contribution < -0.4 is 5.32 Å². The predicted molar refractivity (Wildman–Crippen MR) is 68.9 cm³/mol. The minimum Gasteiger partial charge on any atom is -0.342 e. The van der Waals surface area contributed by atoms with Gasteiger partial charge in [-0.05, 0) is 24.1 Å². The standard InChI is InChI=1S/C13H16N4O/c1-4-11(18)14-12(9(2)3)13-16-15-10-7-5-6-8-17(10)13/h4-9,12H,1H2,2-3H3,(H,14,18). The molecular weight excluding hydrogens is 228 g/mol. The number of carbonyl (C=O) groups is 1. The van der Waals surface area contributed by atoms with Crippen molar-refractivity contribution in [2.45, 2.75) is 19.9 Å². The minimum absolute atomic E-state index is 0.187. The van der Waals surface area contributed by atoms with Gasteiger partial charge in [0, 0.05) is 6.20 Å². The van der Waals surface area contributed by atoms with Gasteiger partial charge in [0.15, 0.2) is 11.5 Å². The molecule has 0 aliphatic carbocycles. The second-order valence-electron chi connectivity index (χ2n) is 4.42. The first-order valence-corrected chi connectivity index (χ1v) is 5.86. The molecule has 2 aromatic heterocycles. The van der Waals surface area contributed by atoms with Crippen LogP contribution in [0.1, 0.15) is 25.7 Å². The van der Waals surface area contributed by atoms with Crippen LogP contribution in [0.3, 0.4) is 0 Å². The highest BCUT2D eigenvalue weighted by Crippen LogP contribution is 2.20. The smallest absolute Gasteiger partial charge is 0.243 e. The number of nitrogens with one attached hydrogen (secondary N) is 1. The van der Waals surface area contributed by atoms with Crippen LogP contribution in [0.25, 0.3) is 5.65 Å². The van der Waals surface area contributed by atoms with E-state index in [1.54, 1.807) is 0 Å². The van der Waals surface area contributed by atoms with Gasteiger partial charge in [-0.1, -0.05) is 26.5 Å². The van der Waals surface area contributed by atoms with Gasteiger partial charge in [-0.2, -0.15) is 0 Å². The van der Waals surface area contributed by atoms with Gasteiger partial charge in [-0.3, -0.25) is 9.20 Å². The number of amides is 1. The summed E-state index contributed by atoms with van der Waals surface area (Å²) < 4.78 is 1.88. The molecule has 0 radical (unpaired) electrons. The highest BCUT2D eigenvalue weighted by atomic mass is 16.1. The zero-order valence-electron chi connectivity index (χ0n) is 10.5. The predicted octanol–water partition coefficient (Wildman–Crippen LogP) is 1.73. The van der Waals surface area contributed by atoms with Gasteiger partial charge in [-0.15, -0.1) is 10.2 Å². The van der Waals surface area contributed by atoms with Crippen LogP contribution in [0.5, 0.6) is 0 Å². The second-order valence-corrected chi connectivity index (χ2v) is 4.42. The molecule has 0 fully saturated rings. The Morgan fingerprint density at radius 3 is 2.89 bits per heavy atom. The molecule has 18 heavy (non-hydrogen) atoms. The third-order valence-electron chi connectivity index (χ3n) is 2.77. The molecule has 2 aromatic rings. The van der Waals surface area contributed by atoms with E-state index >= 15 is 0 Å². The van der Waals surface area contributed by atoms with E-state index in [0.29, 0.717) is 0 Å². The second kappa shape index (κ2) is 5.00. The molecule has 5 heteroatoms. The highest BCUT2D eigenvalue weighted by Gasteiger charge is 2.22. The molecule has 0 aliphatic heterocycles. The third kappa shape index (κ3) is 2.25. The Balaban J connectivity index is 2.42. The molecule has 94 valence electrons. The van der Waals surface area contributed by atoms with Gasteiger partial charge in [-0.25, -0.2) is 0 Å². The quantitative estimate of drug-likeness (QED) is 0.833. The maximum Gasteiger partial charge on any atom is 0.243 e. The first-order valence-electron chi connectivity index (χ1n) is 5.86. The number of hydrogen-bond donors (Lipinski definition) is 1. The summed E-state index contributed by atoms with van der Waals surface area (Å²) in [5.74, 6) is 0.735. The molecule has 0 saturated carbocycles. The summed E-state index contributed by atoms with van der Waals surface area (Å²) in [6.07, 6.45) is 3.15. The molecule has 2 rings (SSSR count). The monoisotopic (exact) mass is 244 g/mol. The SMILES string of the molecule is C=CC(=O)NC(c1nnc2ccccn12)C(C)C. The number of nitrogens with zero attached hydrogens (tertiary/aromatic N) is 3. The summed E-state index contributed by atoms with van der Waals surface area (Å²) in [7, 11) is 0. The number of rotatable bonds is 4. The zero-order valence-corrected chi connectivity index (χ0v) is 10.5. The summed E-state index contributed by atoms with van der Waals surface area (Å²) in [6, 6.07) is 5.50. The van der Waals surface area contributed by atoms with Gasteiger partial charge in [0.2, 0.25) is 5.91 Å². The van der Waals surface area contributed by atoms with Gasteiger partial charge in [0.1, 0.15) is 0 Å². The number of fused-ring (bicyclic) bond motifs is 1. The topological polar surface area (TPSA) is 59.3 Å². The average molecular weight is 244 g/mol. The van der Waals surface area contributed by atoms with Gasteiger partial charge < -0.3 is 5.32 Å². The van der Waals surface area contributed by atoms with Crippen LogP contribution >= 0.6 is 0 Å². The molecule has 1 amide bonds. The normalized spacial score (nSPS) is 12.6. The van der Waals surface area contributed by atoms with Crippen molar-refractivity contribution in [3.8, 4) is 0 Å². The van der Waals surface area contributed by atoms with E-state index in [4.69, 9.17) is 0 Å². The molecule has 0 saturated heterocycles. The molecular formula is C13H16N4O. The van der Waals surface area contributed by atoms with Gasteiger partial charge >= 0.3 is 0 Å². The lowest BCUT2D eigenvalue weighted by molar-refractivity contribution is -0.117. The molecule has 1 unspecified atom stereocenters. The summed E-state index contributed by atoms with van der Waals surface area (Å²) in [6.45, 7) is 7.51. The Kier molecular flexibility index (Phi) is 3.41. The van der Waals surface area contributed by atoms with Crippen molar-refractivity contribution in [3.05, 3.63) is 42.9 Å². The fraction of sp³-hybridized carbons (Fsp3) is 0.308. The zero-order chi connectivity index (χ0) is 13.1. The van der Waals surface area contributed by atoms with E-state index in [0.717, 1.165) is 11.5 Å². The largest absolute Gasteiger partial charge is 0.342 e. The van der Waals surface area contributed by atoms with Crippen molar-refractivity contribution in [1.82, 2.24) is 19.9 Å². The first-order chi connectivity index (χ1) is 8.63. The van der Waals surface area contributed by atoms with E-state index < -0.39 is 0 Å². The molecule has 0 aromatic carbocycles. The van der Waals surface area contributed by atoms with Gasteiger partial charge in [0.25, 0.3) is 0 Å². The van der Waals surface area contributed by atoms with E-state index in [-0.39, 0.29) is 17.9 Å². The first kappa shape index (κ1) is 12.3. The van der Waals surface area contributed by atoms with Crippen molar-refractivity contribution in [1.29, 1.82) is 0 Å². The molecule has 2 heterocycles. The molecule has 0 spiro atoms. The van der Waals surface area contributed by atoms with Crippen molar-refractivity contribution in [2.75, 3.05) is 0 Å². The Hall–Kier alpha value is -2.17. The van der Waals surface area contributed by atoms with Crippen LogP contribution in [0.2, 0.25) is 0 Å². The lowest BCUT2D eigenvalue weighted by Crippen LogP contribution is -2.31. The molecule has 0 bridgehead atoms. The van der Waals surface area contributed by atoms with Crippen molar-refractivity contribution < 1.29 is 4.79 Å². The fourth-order valence-electron chi connectivity index (χ4n) is 1.81. The van der Waals surface area contributed by atoms with E-state index in [1.165, 1.54) is 6.08 Å². The van der Waals surface area contributed by atoms with Crippen LogP contribution in [-0.2, 0) is 4.79 Å². The summed E-state index contributed by atoms with van der Waals surface area (Å²) in [5.41, 5.74) is 0.769. The van der Waals surface area contributed by atoms with Crippen LogP contribution in [0.15, 0.2) is 37.1 Å². The van der Waals surface area contributed by atoms with Crippen molar-refractivity contribution >= 4 is 11.6 Å². The summed E-state index contributed by atoms with van der Waals surface area (Å²) in [5, 5.41) is 11.1. The summed E-state index contributed by atoms with van der Waals surface area (Å²) in [4.78, 5) is 11.5. The number of hydrogen-bond acceptors (Lipinski definition) is 3. The number of aromatic nitrogens is 3. The van der Waals surface area contributed by atoms with Crippen molar-refractivity contribution in [3.63, 3.8) is 0 Å². The van der Waals surface area contributed by atoms with E-state index in [2.05, 4.69) is 22.1 Å². The lowest BCUT2D eigenvalue weighted by Gasteiger charge is -2.19. The van der Waals surface area contributed by atoms with Crippen LogP contribution in [-0.4, -0.2) is 20.5 Å². The Bertz CT molecular complexity index is 573. The maximum absolute atomic E-state index is 11.5. The van der Waals surface area contributed by atoms with E-state index in [1.807, 2.05) is 42.6 Å². The fourth-order valence-corrected chi connectivity index (χ4v) is 1.81. The van der Waals surface area contributed by atoms with Crippen LogP contribution in [0.4, 0.5) is 0 Å². The lowest BCUT2D eigenvalue weighted by atomic mass is 10.0.